The van der Waals surface area contributed by atoms with Crippen molar-refractivity contribution in [1.29, 1.82) is 0 Å². The average Bonchev–Trinajstić information content (AvgIpc) is 2.85. The molecule has 1 aromatic heterocycles. The SMILES string of the molecule is Cc1cc2oc(C(=O)O)c(-c3ccccc3)c2c(C)c1Cl. The average molecular weight is 301 g/mol. The molecule has 0 atom stereocenters. The Morgan fingerprint density at radius 1 is 1.19 bits per heavy atom. The Balaban J connectivity index is 2.48. The van der Waals surface area contributed by atoms with E-state index in [1.54, 1.807) is 6.07 Å². The number of halogens is 1. The molecular weight excluding hydrogens is 288 g/mol. The number of rotatable bonds is 2. The molecule has 0 saturated heterocycles. The summed E-state index contributed by atoms with van der Waals surface area (Å²) in [6, 6.07) is 11.1. The monoisotopic (exact) mass is 300 g/mol. The maximum atomic E-state index is 11.5. The van der Waals surface area contributed by atoms with Gasteiger partial charge < -0.3 is 9.52 Å². The van der Waals surface area contributed by atoms with Gasteiger partial charge in [-0.1, -0.05) is 41.9 Å². The van der Waals surface area contributed by atoms with Crippen LogP contribution in [0.5, 0.6) is 0 Å². The number of furan rings is 1. The van der Waals surface area contributed by atoms with Gasteiger partial charge in [0.15, 0.2) is 0 Å². The lowest BCUT2D eigenvalue weighted by molar-refractivity contribution is 0.0666. The first-order valence-electron chi connectivity index (χ1n) is 6.51. The molecule has 0 spiro atoms. The van der Waals surface area contributed by atoms with Crippen LogP contribution in [-0.2, 0) is 0 Å². The molecule has 0 unspecified atom stereocenters. The number of benzene rings is 2. The number of carboxylic acids is 1. The number of hydrogen-bond acceptors (Lipinski definition) is 2. The molecule has 0 fully saturated rings. The van der Waals surface area contributed by atoms with Crippen LogP contribution >= 0.6 is 11.6 Å². The van der Waals surface area contributed by atoms with Crippen molar-refractivity contribution in [2.24, 2.45) is 0 Å². The number of carbonyl (C=O) groups is 1. The first kappa shape index (κ1) is 13.7. The topological polar surface area (TPSA) is 50.4 Å². The number of aryl methyl sites for hydroxylation is 2. The smallest absolute Gasteiger partial charge is 0.372 e. The first-order chi connectivity index (χ1) is 10.0. The van der Waals surface area contributed by atoms with E-state index in [9.17, 15) is 9.90 Å². The van der Waals surface area contributed by atoms with Crippen LogP contribution in [0.3, 0.4) is 0 Å². The van der Waals surface area contributed by atoms with Crippen LogP contribution in [0.25, 0.3) is 22.1 Å². The quantitative estimate of drug-likeness (QED) is 0.719. The third kappa shape index (κ3) is 2.10. The first-order valence-corrected chi connectivity index (χ1v) is 6.89. The molecule has 106 valence electrons. The highest BCUT2D eigenvalue weighted by atomic mass is 35.5. The van der Waals surface area contributed by atoms with Crippen LogP contribution < -0.4 is 0 Å². The summed E-state index contributed by atoms with van der Waals surface area (Å²) in [6.45, 7) is 3.76. The normalized spacial score (nSPS) is 11.0. The predicted octanol–water partition coefficient (Wildman–Crippen LogP) is 5.07. The van der Waals surface area contributed by atoms with E-state index in [1.165, 1.54) is 0 Å². The van der Waals surface area contributed by atoms with E-state index in [1.807, 2.05) is 44.2 Å². The van der Waals surface area contributed by atoms with Crippen LogP contribution in [0.15, 0.2) is 40.8 Å². The summed E-state index contributed by atoms with van der Waals surface area (Å²) in [6.07, 6.45) is 0. The minimum absolute atomic E-state index is 0.0547. The second-order valence-corrected chi connectivity index (χ2v) is 5.36. The van der Waals surface area contributed by atoms with Crippen molar-refractivity contribution in [2.75, 3.05) is 0 Å². The predicted molar refractivity (Wildman–Crippen MR) is 83.1 cm³/mol. The highest BCUT2D eigenvalue weighted by molar-refractivity contribution is 6.33. The number of carboxylic acid groups (broad SMARTS) is 1. The van der Waals surface area contributed by atoms with Gasteiger partial charge in [0, 0.05) is 16.0 Å². The van der Waals surface area contributed by atoms with Gasteiger partial charge in [-0.15, -0.1) is 0 Å². The lowest BCUT2D eigenvalue weighted by Gasteiger charge is -2.06. The van der Waals surface area contributed by atoms with Crippen molar-refractivity contribution in [3.63, 3.8) is 0 Å². The van der Waals surface area contributed by atoms with Crippen molar-refractivity contribution >= 4 is 28.5 Å². The van der Waals surface area contributed by atoms with E-state index in [-0.39, 0.29) is 5.76 Å². The van der Waals surface area contributed by atoms with Crippen molar-refractivity contribution in [3.05, 3.63) is 58.3 Å². The lowest BCUT2D eigenvalue weighted by atomic mass is 9.97. The summed E-state index contributed by atoms with van der Waals surface area (Å²) in [4.78, 5) is 11.5. The summed E-state index contributed by atoms with van der Waals surface area (Å²) in [5.41, 5.74) is 3.63. The zero-order valence-corrected chi connectivity index (χ0v) is 12.4. The Morgan fingerprint density at radius 2 is 1.86 bits per heavy atom. The van der Waals surface area contributed by atoms with Gasteiger partial charge >= 0.3 is 5.97 Å². The Morgan fingerprint density at radius 3 is 2.48 bits per heavy atom. The number of fused-ring (bicyclic) bond motifs is 1. The zero-order valence-electron chi connectivity index (χ0n) is 11.6. The van der Waals surface area contributed by atoms with Crippen LogP contribution in [0.2, 0.25) is 5.02 Å². The maximum Gasteiger partial charge on any atom is 0.372 e. The standard InChI is InChI=1S/C17H13ClO3/c1-9-8-12-13(10(2)15(9)18)14(16(21-12)17(19)20)11-6-4-3-5-7-11/h3-8H,1-2H3,(H,19,20). The van der Waals surface area contributed by atoms with Crippen molar-refractivity contribution in [2.45, 2.75) is 13.8 Å². The molecule has 0 radical (unpaired) electrons. The zero-order chi connectivity index (χ0) is 15.1. The van der Waals surface area contributed by atoms with Gasteiger partial charge in [0.25, 0.3) is 0 Å². The molecule has 3 nitrogen and oxygen atoms in total. The summed E-state index contributed by atoms with van der Waals surface area (Å²) >= 11 is 6.32. The molecule has 1 heterocycles. The molecule has 1 N–H and O–H groups in total. The Labute approximate surface area is 126 Å². The molecule has 3 rings (SSSR count). The Kier molecular flexibility index (Phi) is 3.22. The fourth-order valence-electron chi connectivity index (χ4n) is 2.62. The van der Waals surface area contributed by atoms with Gasteiger partial charge in [-0.3, -0.25) is 0 Å². The van der Waals surface area contributed by atoms with Crippen LogP contribution in [0, 0.1) is 13.8 Å². The summed E-state index contributed by atoms with van der Waals surface area (Å²) < 4.78 is 5.57. The Hall–Kier alpha value is -2.26. The number of aromatic carboxylic acids is 1. The van der Waals surface area contributed by atoms with Crippen molar-refractivity contribution in [1.82, 2.24) is 0 Å². The van der Waals surface area contributed by atoms with Gasteiger partial charge in [-0.25, -0.2) is 4.79 Å². The molecule has 0 amide bonds. The molecule has 3 aromatic rings. The Bertz CT molecular complexity index is 848. The molecule has 0 bridgehead atoms. The van der Waals surface area contributed by atoms with Crippen LogP contribution in [0.4, 0.5) is 0 Å². The number of hydrogen-bond donors (Lipinski definition) is 1. The van der Waals surface area contributed by atoms with E-state index in [0.29, 0.717) is 16.2 Å². The molecule has 0 aliphatic rings. The van der Waals surface area contributed by atoms with Gasteiger partial charge in [0.1, 0.15) is 5.58 Å². The highest BCUT2D eigenvalue weighted by Gasteiger charge is 2.24. The molecule has 0 saturated carbocycles. The van der Waals surface area contributed by atoms with Gasteiger partial charge in [0.05, 0.1) is 0 Å². The molecule has 2 aromatic carbocycles. The van der Waals surface area contributed by atoms with Crippen molar-refractivity contribution < 1.29 is 14.3 Å². The van der Waals surface area contributed by atoms with E-state index in [0.717, 1.165) is 22.1 Å². The molecule has 21 heavy (non-hydrogen) atoms. The van der Waals surface area contributed by atoms with Crippen LogP contribution in [-0.4, -0.2) is 11.1 Å². The molecule has 0 aliphatic carbocycles. The van der Waals surface area contributed by atoms with E-state index >= 15 is 0 Å². The lowest BCUT2D eigenvalue weighted by Crippen LogP contribution is -1.96. The fourth-order valence-corrected chi connectivity index (χ4v) is 2.77. The highest BCUT2D eigenvalue weighted by Crippen LogP contribution is 2.40. The second-order valence-electron chi connectivity index (χ2n) is 4.98. The summed E-state index contributed by atoms with van der Waals surface area (Å²) in [5.74, 6) is -1.14. The largest absolute Gasteiger partial charge is 0.475 e. The maximum absolute atomic E-state index is 11.5. The van der Waals surface area contributed by atoms with Crippen LogP contribution in [0.1, 0.15) is 21.7 Å². The summed E-state index contributed by atoms with van der Waals surface area (Å²) in [7, 11) is 0. The van der Waals surface area contributed by atoms with E-state index in [2.05, 4.69) is 0 Å². The van der Waals surface area contributed by atoms with E-state index < -0.39 is 5.97 Å². The van der Waals surface area contributed by atoms with E-state index in [4.69, 9.17) is 16.0 Å². The van der Waals surface area contributed by atoms with Crippen molar-refractivity contribution in [3.8, 4) is 11.1 Å². The van der Waals surface area contributed by atoms with Gasteiger partial charge in [0.2, 0.25) is 5.76 Å². The van der Waals surface area contributed by atoms with Gasteiger partial charge in [-0.05, 0) is 36.6 Å². The fraction of sp³-hybridized carbons (Fsp3) is 0.118. The van der Waals surface area contributed by atoms with Gasteiger partial charge in [-0.2, -0.15) is 0 Å². The third-order valence-corrected chi connectivity index (χ3v) is 4.17. The summed E-state index contributed by atoms with van der Waals surface area (Å²) in [5, 5.41) is 10.8. The third-order valence-electron chi connectivity index (χ3n) is 3.59. The second kappa shape index (κ2) is 4.93. The molecular formula is C17H13ClO3. The minimum atomic E-state index is -1.08. The molecule has 4 heteroatoms. The minimum Gasteiger partial charge on any atom is -0.475 e. The molecule has 0 aliphatic heterocycles.